The van der Waals surface area contributed by atoms with Crippen molar-refractivity contribution in [1.29, 1.82) is 0 Å². The number of carbonyl (C=O) groups is 2. The summed E-state index contributed by atoms with van der Waals surface area (Å²) in [7, 11) is 0. The molecule has 0 radical (unpaired) electrons. The zero-order valence-corrected chi connectivity index (χ0v) is 20.0. The minimum atomic E-state index is -0.803. The van der Waals surface area contributed by atoms with E-state index in [9.17, 15) is 14.0 Å². The third-order valence-corrected chi connectivity index (χ3v) is 5.62. The highest BCUT2D eigenvalue weighted by Crippen LogP contribution is 2.31. The van der Waals surface area contributed by atoms with Crippen molar-refractivity contribution in [3.05, 3.63) is 39.7 Å². The summed E-state index contributed by atoms with van der Waals surface area (Å²) >= 11 is 6.99. The van der Waals surface area contributed by atoms with Gasteiger partial charge in [0.15, 0.2) is 0 Å². The van der Waals surface area contributed by atoms with Gasteiger partial charge in [-0.2, -0.15) is 4.37 Å². The lowest BCUT2D eigenvalue weighted by atomic mass is 10.1. The third kappa shape index (κ3) is 7.92. The highest BCUT2D eigenvalue weighted by Gasteiger charge is 2.22. The van der Waals surface area contributed by atoms with Crippen LogP contribution >= 0.6 is 23.1 Å². The topological polar surface area (TPSA) is 118 Å². The van der Waals surface area contributed by atoms with Crippen LogP contribution < -0.4 is 26.4 Å². The van der Waals surface area contributed by atoms with Gasteiger partial charge < -0.3 is 21.1 Å². The van der Waals surface area contributed by atoms with Gasteiger partial charge in [0, 0.05) is 23.2 Å². The number of carbonyl (C=O) groups excluding carboxylic acids is 2. The molecule has 2 rings (SSSR count). The molecule has 0 aliphatic heterocycles. The van der Waals surface area contributed by atoms with Crippen LogP contribution in [-0.4, -0.2) is 35.4 Å². The zero-order valence-electron chi connectivity index (χ0n) is 18.4. The van der Waals surface area contributed by atoms with Gasteiger partial charge in [-0.25, -0.2) is 9.18 Å². The fourth-order valence-electron chi connectivity index (χ4n) is 2.79. The maximum atomic E-state index is 13.8. The predicted molar refractivity (Wildman–Crippen MR) is 125 cm³/mol. The lowest BCUT2D eigenvalue weighted by Gasteiger charge is -2.10. The second-order valence-corrected chi connectivity index (χ2v) is 8.77. The van der Waals surface area contributed by atoms with Gasteiger partial charge in [-0.05, 0) is 55.5 Å². The highest BCUT2D eigenvalue weighted by atomic mass is 35.5. The van der Waals surface area contributed by atoms with E-state index in [2.05, 4.69) is 34.2 Å². The van der Waals surface area contributed by atoms with Gasteiger partial charge in [0.1, 0.15) is 23.0 Å². The van der Waals surface area contributed by atoms with Crippen LogP contribution in [0.3, 0.4) is 0 Å². The number of amides is 3. The van der Waals surface area contributed by atoms with Crippen molar-refractivity contribution in [2.45, 2.75) is 52.7 Å². The number of hydrogen-bond donors (Lipinski definition) is 4. The monoisotopic (exact) mass is 485 g/mol. The normalized spacial score (nSPS) is 10.9. The van der Waals surface area contributed by atoms with Gasteiger partial charge in [-0.1, -0.05) is 31.9 Å². The first kappa shape index (κ1) is 25.8. The van der Waals surface area contributed by atoms with Crippen molar-refractivity contribution in [2.75, 3.05) is 18.4 Å². The number of benzene rings is 1. The molecule has 0 unspecified atom stereocenters. The Morgan fingerprint density at radius 1 is 1.25 bits per heavy atom. The first-order valence-electron chi connectivity index (χ1n) is 10.3. The van der Waals surface area contributed by atoms with Crippen molar-refractivity contribution >= 4 is 40.1 Å². The first-order valence-corrected chi connectivity index (χ1v) is 11.5. The van der Waals surface area contributed by atoms with Crippen molar-refractivity contribution in [1.82, 2.24) is 15.0 Å². The summed E-state index contributed by atoms with van der Waals surface area (Å²) < 4.78 is 23.4. The van der Waals surface area contributed by atoms with Crippen molar-refractivity contribution in [3.8, 4) is 5.88 Å². The summed E-state index contributed by atoms with van der Waals surface area (Å²) in [5.74, 6) is -1.27. The van der Waals surface area contributed by atoms with Crippen molar-refractivity contribution in [3.63, 3.8) is 0 Å². The minimum Gasteiger partial charge on any atom is -0.472 e. The number of hydrogen-bond acceptors (Lipinski definition) is 6. The van der Waals surface area contributed by atoms with Crippen LogP contribution in [0.25, 0.3) is 0 Å². The van der Waals surface area contributed by atoms with Crippen molar-refractivity contribution < 1.29 is 18.7 Å². The molecule has 0 fully saturated rings. The molecular formula is C21H29ClFN5O3S. The number of primary amides is 1. The summed E-state index contributed by atoms with van der Waals surface area (Å²) in [4.78, 5) is 24.1. The second-order valence-electron chi connectivity index (χ2n) is 7.59. The van der Waals surface area contributed by atoms with Gasteiger partial charge in [0.25, 0.3) is 5.91 Å². The van der Waals surface area contributed by atoms with Gasteiger partial charge >= 0.3 is 6.03 Å². The van der Waals surface area contributed by atoms with Gasteiger partial charge in [0.05, 0.1) is 0 Å². The van der Waals surface area contributed by atoms with E-state index in [1.807, 2.05) is 0 Å². The van der Waals surface area contributed by atoms with E-state index in [0.29, 0.717) is 28.7 Å². The number of nitrogens with zero attached hydrogens (tertiary/aromatic N) is 1. The molecule has 0 spiro atoms. The van der Waals surface area contributed by atoms with Crippen LogP contribution in [0.5, 0.6) is 5.88 Å². The second kappa shape index (κ2) is 12.6. The number of rotatable bonds is 12. The number of halogens is 2. The molecule has 0 atom stereocenters. The number of aryl methyl sites for hydroxylation is 1. The van der Waals surface area contributed by atoms with Crippen molar-refractivity contribution in [2.24, 2.45) is 5.73 Å². The Hall–Kier alpha value is -2.43. The van der Waals surface area contributed by atoms with Crippen LogP contribution in [0.4, 0.5) is 14.2 Å². The largest absolute Gasteiger partial charge is 0.472 e. The summed E-state index contributed by atoms with van der Waals surface area (Å²) in [5, 5.41) is 9.17. The molecule has 5 N–H and O–H groups in total. The molecule has 1 aromatic carbocycles. The molecule has 0 aliphatic carbocycles. The number of urea groups is 1. The molecular weight excluding hydrogens is 457 g/mol. The molecule has 3 amide bonds. The Morgan fingerprint density at radius 2 is 1.97 bits per heavy atom. The Balaban J connectivity index is 1.89. The van der Waals surface area contributed by atoms with Gasteiger partial charge in [-0.15, -0.1) is 0 Å². The Kier molecular flexibility index (Phi) is 10.1. The summed E-state index contributed by atoms with van der Waals surface area (Å²) in [6.45, 7) is 7.12. The third-order valence-electron chi connectivity index (χ3n) is 4.52. The standard InChI is InChI=1S/C21H29ClFN5O3S/c1-12(2)25-7-5-4-6-8-26-21(30)27-20-17(18(24)29)19(28-32-20)31-11-14-10-16(23)13(3)9-15(14)22/h9-10,12,25H,4-8,11H2,1-3H3,(H2,24,29)(H2,26,27,30). The van der Waals surface area contributed by atoms with Crippen LogP contribution in [-0.2, 0) is 6.61 Å². The van der Waals surface area contributed by atoms with Crippen LogP contribution in [0.15, 0.2) is 12.1 Å². The smallest absolute Gasteiger partial charge is 0.319 e. The molecule has 32 heavy (non-hydrogen) atoms. The number of nitrogens with two attached hydrogens (primary N) is 1. The molecule has 0 saturated carbocycles. The molecule has 1 heterocycles. The lowest BCUT2D eigenvalue weighted by molar-refractivity contribution is 0.0996. The zero-order chi connectivity index (χ0) is 23.7. The first-order chi connectivity index (χ1) is 15.2. The van der Waals surface area contributed by atoms with E-state index in [4.69, 9.17) is 22.1 Å². The fraction of sp³-hybridized carbons (Fsp3) is 0.476. The van der Waals surface area contributed by atoms with Crippen LogP contribution in [0.1, 0.15) is 54.6 Å². The molecule has 176 valence electrons. The number of unbranched alkanes of at least 4 members (excludes halogenated alkanes) is 2. The number of anilines is 1. The number of nitrogens with one attached hydrogen (secondary N) is 3. The van der Waals surface area contributed by atoms with E-state index >= 15 is 0 Å². The van der Waals surface area contributed by atoms with E-state index < -0.39 is 17.8 Å². The summed E-state index contributed by atoms with van der Waals surface area (Å²) in [6, 6.07) is 2.75. The Morgan fingerprint density at radius 3 is 2.66 bits per heavy atom. The Labute approximate surface area is 196 Å². The Bertz CT molecular complexity index is 938. The van der Waals surface area contributed by atoms with E-state index in [-0.39, 0.29) is 23.1 Å². The predicted octanol–water partition coefficient (Wildman–Crippen LogP) is 4.21. The quantitative estimate of drug-likeness (QED) is 0.336. The van der Waals surface area contributed by atoms with Gasteiger partial charge in [0.2, 0.25) is 5.88 Å². The molecule has 2 aromatic rings. The van der Waals surface area contributed by atoms with E-state index in [0.717, 1.165) is 37.3 Å². The number of ether oxygens (including phenoxy) is 1. The summed E-state index contributed by atoms with van der Waals surface area (Å²) in [5.41, 5.74) is 6.21. The summed E-state index contributed by atoms with van der Waals surface area (Å²) in [6.07, 6.45) is 2.84. The average Bonchev–Trinajstić information content (AvgIpc) is 3.11. The maximum Gasteiger partial charge on any atom is 0.319 e. The fourth-order valence-corrected chi connectivity index (χ4v) is 3.80. The molecule has 0 aliphatic rings. The highest BCUT2D eigenvalue weighted by molar-refractivity contribution is 7.11. The molecule has 0 saturated heterocycles. The molecule has 11 heteroatoms. The molecule has 0 bridgehead atoms. The maximum absolute atomic E-state index is 13.8. The van der Waals surface area contributed by atoms with Gasteiger partial charge in [-0.3, -0.25) is 10.1 Å². The molecule has 1 aromatic heterocycles. The van der Waals surface area contributed by atoms with Crippen LogP contribution in [0, 0.1) is 12.7 Å². The SMILES string of the molecule is Cc1cc(Cl)c(COc2nsc(NC(=O)NCCCCCNC(C)C)c2C(N)=O)cc1F. The van der Waals surface area contributed by atoms with E-state index in [1.54, 1.807) is 6.92 Å². The minimum absolute atomic E-state index is 0.0476. The lowest BCUT2D eigenvalue weighted by Crippen LogP contribution is -2.30. The molecule has 8 nitrogen and oxygen atoms in total. The van der Waals surface area contributed by atoms with Crippen LogP contribution in [0.2, 0.25) is 5.02 Å². The van der Waals surface area contributed by atoms with E-state index in [1.165, 1.54) is 12.1 Å². The number of aromatic nitrogens is 1. The average molecular weight is 486 g/mol.